The van der Waals surface area contributed by atoms with E-state index >= 15 is 0 Å². The van der Waals surface area contributed by atoms with Crippen LogP contribution in [0.2, 0.25) is 0 Å². The molecule has 1 aromatic carbocycles. The third kappa shape index (κ3) is 5.66. The van der Waals surface area contributed by atoms with Crippen molar-refractivity contribution < 1.29 is 41.5 Å². The van der Waals surface area contributed by atoms with Crippen LogP contribution in [0.4, 0.5) is 8.78 Å². The van der Waals surface area contributed by atoms with E-state index in [0.717, 1.165) is 48.0 Å². The number of benzene rings is 1. The fourth-order valence-electron chi connectivity index (χ4n) is 6.53. The Balaban J connectivity index is 0.00000225. The van der Waals surface area contributed by atoms with Crippen molar-refractivity contribution in [3.05, 3.63) is 35.4 Å². The molecule has 0 saturated heterocycles. The van der Waals surface area contributed by atoms with Gasteiger partial charge in [-0.1, -0.05) is 19.8 Å². The summed E-state index contributed by atoms with van der Waals surface area (Å²) < 4.78 is 26.9. The molecule has 0 aromatic heterocycles. The van der Waals surface area contributed by atoms with E-state index in [9.17, 15) is 8.78 Å². The van der Waals surface area contributed by atoms with Gasteiger partial charge in [-0.25, -0.2) is 8.78 Å². The summed E-state index contributed by atoms with van der Waals surface area (Å²) in [4.78, 5) is 0. The predicted molar refractivity (Wildman–Crippen MR) is 106 cm³/mol. The average Bonchev–Trinajstić information content (AvgIpc) is 2.68. The van der Waals surface area contributed by atoms with Gasteiger partial charge in [0.05, 0.1) is 0 Å². The molecule has 0 bridgehead atoms. The second kappa shape index (κ2) is 10.5. The van der Waals surface area contributed by atoms with E-state index in [2.05, 4.69) is 13.0 Å². The quantitative estimate of drug-likeness (QED) is 0.405. The van der Waals surface area contributed by atoms with E-state index < -0.39 is 11.6 Å². The Bertz CT molecular complexity index is 587. The van der Waals surface area contributed by atoms with E-state index in [4.69, 9.17) is 0 Å². The van der Waals surface area contributed by atoms with E-state index in [1.165, 1.54) is 76.3 Å². The Hall–Kier alpha value is 0.184. The van der Waals surface area contributed by atoms with E-state index in [0.29, 0.717) is 5.92 Å². The van der Waals surface area contributed by atoms with Crippen LogP contribution in [0.25, 0.3) is 0 Å². The van der Waals surface area contributed by atoms with Crippen LogP contribution in [0, 0.1) is 47.3 Å². The molecular formula is C25H35F2Y-. The van der Waals surface area contributed by atoms with Crippen LogP contribution in [0.1, 0.15) is 95.5 Å². The van der Waals surface area contributed by atoms with Gasteiger partial charge in [0.15, 0.2) is 0 Å². The molecule has 153 valence electrons. The molecule has 3 aliphatic rings. The van der Waals surface area contributed by atoms with Crippen molar-refractivity contribution >= 4 is 0 Å². The Morgan fingerprint density at radius 2 is 1.00 bits per heavy atom. The maximum Gasteiger partial charge on any atom is 0.0139 e. The minimum atomic E-state index is -0.553. The Morgan fingerprint density at radius 3 is 1.43 bits per heavy atom. The molecule has 0 unspecified atom stereocenters. The number of hydrogen-bond donors (Lipinski definition) is 0. The molecule has 28 heavy (non-hydrogen) atoms. The first-order valence-corrected chi connectivity index (χ1v) is 11.5. The van der Waals surface area contributed by atoms with E-state index in [1.54, 1.807) is 0 Å². The Labute approximate surface area is 195 Å². The molecule has 3 aliphatic carbocycles. The van der Waals surface area contributed by atoms with Crippen molar-refractivity contribution in [2.45, 2.75) is 89.9 Å². The molecule has 1 radical (unpaired) electrons. The second-order valence-electron chi connectivity index (χ2n) is 9.92. The SMILES string of the molecule is CC1CCC(C2CCC(C3CCC(c4cc(F)[c-]c(F)c4)CC3)CC2)CC1.[Y]. The minimum Gasteiger partial charge on any atom is -0.236 e. The molecular weight excluding hydrogens is 427 g/mol. The van der Waals surface area contributed by atoms with Gasteiger partial charge in [0, 0.05) is 44.3 Å². The van der Waals surface area contributed by atoms with Crippen LogP contribution in [-0.2, 0) is 32.7 Å². The number of rotatable bonds is 3. The summed E-state index contributed by atoms with van der Waals surface area (Å²) in [5.41, 5.74) is 0.845. The first-order chi connectivity index (χ1) is 13.1. The summed E-state index contributed by atoms with van der Waals surface area (Å²) in [6.07, 6.45) is 16.3. The molecule has 0 aliphatic heterocycles. The molecule has 3 saturated carbocycles. The van der Waals surface area contributed by atoms with Gasteiger partial charge in [-0.3, -0.25) is 0 Å². The van der Waals surface area contributed by atoms with E-state index in [1.807, 2.05) is 0 Å². The molecule has 3 heteroatoms. The van der Waals surface area contributed by atoms with Gasteiger partial charge >= 0.3 is 0 Å². The van der Waals surface area contributed by atoms with Crippen LogP contribution in [0.5, 0.6) is 0 Å². The number of halogens is 2. The minimum absolute atomic E-state index is 0. The Kier molecular flexibility index (Phi) is 8.55. The summed E-state index contributed by atoms with van der Waals surface area (Å²) in [5.74, 6) is 3.94. The van der Waals surface area contributed by atoms with Crippen molar-refractivity contribution in [1.82, 2.24) is 0 Å². The maximum atomic E-state index is 13.5. The number of hydrogen-bond acceptors (Lipinski definition) is 0. The predicted octanol–water partition coefficient (Wildman–Crippen LogP) is 7.67. The van der Waals surface area contributed by atoms with Gasteiger partial charge < -0.3 is 0 Å². The van der Waals surface area contributed by atoms with Crippen LogP contribution in [-0.4, -0.2) is 0 Å². The largest absolute Gasteiger partial charge is 0.236 e. The van der Waals surface area contributed by atoms with Crippen molar-refractivity contribution in [2.24, 2.45) is 29.6 Å². The monoisotopic (exact) mass is 462 g/mol. The van der Waals surface area contributed by atoms with Crippen molar-refractivity contribution in [3.8, 4) is 0 Å². The zero-order chi connectivity index (χ0) is 18.8. The third-order valence-electron chi connectivity index (χ3n) is 8.28. The van der Waals surface area contributed by atoms with Crippen LogP contribution in [0.3, 0.4) is 0 Å². The summed E-state index contributed by atoms with van der Waals surface area (Å²) >= 11 is 0. The zero-order valence-corrected chi connectivity index (χ0v) is 20.3. The van der Waals surface area contributed by atoms with Crippen molar-refractivity contribution in [2.75, 3.05) is 0 Å². The summed E-state index contributed by atoms with van der Waals surface area (Å²) in [7, 11) is 0. The molecule has 0 atom stereocenters. The van der Waals surface area contributed by atoms with Gasteiger partial charge in [-0.05, 0) is 99.7 Å². The van der Waals surface area contributed by atoms with Crippen LogP contribution < -0.4 is 0 Å². The Morgan fingerprint density at radius 1 is 0.643 bits per heavy atom. The molecule has 0 spiro atoms. The van der Waals surface area contributed by atoms with Gasteiger partial charge in [-0.15, -0.1) is 23.8 Å². The maximum absolute atomic E-state index is 13.5. The summed E-state index contributed by atoms with van der Waals surface area (Å²) in [6.45, 7) is 2.42. The summed E-state index contributed by atoms with van der Waals surface area (Å²) in [5, 5.41) is 0. The first-order valence-electron chi connectivity index (χ1n) is 11.5. The standard InChI is InChI=1S/C25H35F2.Y/c1-17-2-4-18(5-3-17)19-6-8-20(9-7-19)21-10-12-22(13-11-21)23-14-24(26)16-25(27)15-23;/h14-15,17-22H,2-13H2,1H3;/q-1;. The smallest absolute Gasteiger partial charge is 0.0139 e. The topological polar surface area (TPSA) is 0 Å². The summed E-state index contributed by atoms with van der Waals surface area (Å²) in [6, 6.07) is 5.09. The molecule has 0 N–H and O–H groups in total. The zero-order valence-electron chi connectivity index (χ0n) is 17.4. The van der Waals surface area contributed by atoms with Crippen molar-refractivity contribution in [1.29, 1.82) is 0 Å². The second-order valence-corrected chi connectivity index (χ2v) is 9.92. The van der Waals surface area contributed by atoms with Crippen LogP contribution >= 0.6 is 0 Å². The van der Waals surface area contributed by atoms with Gasteiger partial charge in [-0.2, -0.15) is 0 Å². The molecule has 1 aromatic rings. The van der Waals surface area contributed by atoms with E-state index in [-0.39, 0.29) is 32.7 Å². The molecule has 4 rings (SSSR count). The molecule has 0 heterocycles. The van der Waals surface area contributed by atoms with Crippen LogP contribution in [0.15, 0.2) is 12.1 Å². The normalized spacial score (nSPS) is 36.5. The van der Waals surface area contributed by atoms with Crippen molar-refractivity contribution in [3.63, 3.8) is 0 Å². The fraction of sp³-hybridized carbons (Fsp3) is 0.760. The van der Waals surface area contributed by atoms with Gasteiger partial charge in [0.25, 0.3) is 0 Å². The molecule has 3 fully saturated rings. The third-order valence-corrected chi connectivity index (χ3v) is 8.28. The van der Waals surface area contributed by atoms with Gasteiger partial charge in [0.1, 0.15) is 0 Å². The van der Waals surface area contributed by atoms with Gasteiger partial charge in [0.2, 0.25) is 0 Å². The first kappa shape index (κ1) is 22.9. The average molecular weight is 462 g/mol. The molecule has 0 amide bonds. The fourth-order valence-corrected chi connectivity index (χ4v) is 6.53. The molecule has 0 nitrogen and oxygen atoms in total.